The van der Waals surface area contributed by atoms with Crippen LogP contribution >= 0.6 is 0 Å². The zero-order valence-electron chi connectivity index (χ0n) is 28.2. The van der Waals surface area contributed by atoms with Gasteiger partial charge in [0.25, 0.3) is 0 Å². The van der Waals surface area contributed by atoms with Gasteiger partial charge in [0.05, 0.1) is 27.8 Å². The minimum Gasteiger partial charge on any atom is -0.292 e. The summed E-state index contributed by atoms with van der Waals surface area (Å²) in [6.07, 6.45) is 1.78. The summed E-state index contributed by atoms with van der Waals surface area (Å²) in [5.74, 6) is 1.66. The van der Waals surface area contributed by atoms with Crippen LogP contribution in [0.25, 0.3) is 89.0 Å². The molecule has 7 aromatic carbocycles. The Kier molecular flexibility index (Phi) is 6.31. The highest BCUT2D eigenvalue weighted by atomic mass is 15.2. The van der Waals surface area contributed by atoms with Gasteiger partial charge in [-0.1, -0.05) is 127 Å². The fourth-order valence-electron chi connectivity index (χ4n) is 8.36. The molecule has 3 aromatic heterocycles. The monoisotopic (exact) mass is 665 g/mol. The molecular formula is C47H31N5. The highest BCUT2D eigenvalue weighted by Gasteiger charge is 2.28. The summed E-state index contributed by atoms with van der Waals surface area (Å²) in [6, 6.07) is 57.8. The van der Waals surface area contributed by atoms with Gasteiger partial charge < -0.3 is 0 Å². The smallest absolute Gasteiger partial charge is 0.235 e. The molecule has 0 amide bonds. The van der Waals surface area contributed by atoms with Gasteiger partial charge in [-0.15, -0.1) is 0 Å². The van der Waals surface area contributed by atoms with Gasteiger partial charge in [0.15, 0.2) is 0 Å². The summed E-state index contributed by atoms with van der Waals surface area (Å²) in [5.41, 5.74) is 13.6. The maximum absolute atomic E-state index is 5.32. The Bertz CT molecular complexity index is 3000. The summed E-state index contributed by atoms with van der Waals surface area (Å²) < 4.78 is 4.63. The van der Waals surface area contributed by atoms with Crippen molar-refractivity contribution < 1.29 is 0 Å². The molecule has 1 aliphatic rings. The summed E-state index contributed by atoms with van der Waals surface area (Å²) in [6.45, 7) is 0. The van der Waals surface area contributed by atoms with Crippen LogP contribution in [0.2, 0.25) is 0 Å². The molecule has 0 atom stereocenters. The fourth-order valence-corrected chi connectivity index (χ4v) is 8.36. The third-order valence-electron chi connectivity index (χ3n) is 10.6. The van der Waals surface area contributed by atoms with E-state index in [1.54, 1.807) is 0 Å². The van der Waals surface area contributed by atoms with E-state index in [1.807, 2.05) is 6.07 Å². The summed E-state index contributed by atoms with van der Waals surface area (Å²) in [5, 5.41) is 4.76. The number of aromatic nitrogens is 5. The van der Waals surface area contributed by atoms with Crippen LogP contribution in [0.4, 0.5) is 0 Å². The number of aryl methyl sites for hydroxylation is 1. The highest BCUT2D eigenvalue weighted by molar-refractivity contribution is 6.07. The molecule has 0 bridgehead atoms. The van der Waals surface area contributed by atoms with Crippen molar-refractivity contribution in [3.05, 3.63) is 175 Å². The molecule has 3 heterocycles. The van der Waals surface area contributed by atoms with Gasteiger partial charge in [-0.2, -0.15) is 0 Å². The molecule has 0 spiro atoms. The van der Waals surface area contributed by atoms with E-state index in [-0.39, 0.29) is 0 Å². The zero-order chi connectivity index (χ0) is 34.2. The number of hydrogen-bond donors (Lipinski definition) is 0. The average Bonchev–Trinajstić information content (AvgIpc) is 3.76. The van der Waals surface area contributed by atoms with Gasteiger partial charge in [0.2, 0.25) is 5.95 Å². The first-order chi connectivity index (χ1) is 25.8. The van der Waals surface area contributed by atoms with Crippen LogP contribution in [0.15, 0.2) is 164 Å². The third-order valence-corrected chi connectivity index (χ3v) is 10.6. The maximum atomic E-state index is 5.32. The van der Waals surface area contributed by atoms with Crippen molar-refractivity contribution >= 4 is 43.6 Å². The first kappa shape index (κ1) is 28.9. The highest BCUT2D eigenvalue weighted by Crippen LogP contribution is 2.45. The number of para-hydroxylation sites is 3. The zero-order valence-corrected chi connectivity index (χ0v) is 28.2. The molecule has 11 rings (SSSR count). The topological polar surface area (TPSA) is 48.5 Å². The Morgan fingerprint density at radius 3 is 1.96 bits per heavy atom. The van der Waals surface area contributed by atoms with Crippen LogP contribution in [0.1, 0.15) is 11.3 Å². The molecule has 52 heavy (non-hydrogen) atoms. The average molecular weight is 666 g/mol. The van der Waals surface area contributed by atoms with Crippen LogP contribution in [0, 0.1) is 0 Å². The normalized spacial score (nSPS) is 12.5. The lowest BCUT2D eigenvalue weighted by atomic mass is 9.85. The molecular weight excluding hydrogens is 635 g/mol. The van der Waals surface area contributed by atoms with E-state index in [0.717, 1.165) is 68.6 Å². The number of benzene rings is 7. The molecule has 0 N–H and O–H groups in total. The Morgan fingerprint density at radius 1 is 0.462 bits per heavy atom. The Morgan fingerprint density at radius 2 is 1.15 bits per heavy atom. The minimum absolute atomic E-state index is 0.709. The molecule has 1 aliphatic carbocycles. The Balaban J connectivity index is 1.16. The molecule has 5 heteroatoms. The summed E-state index contributed by atoms with van der Waals surface area (Å²) in [7, 11) is 0. The number of hydrogen-bond acceptors (Lipinski definition) is 3. The second-order valence-electron chi connectivity index (χ2n) is 13.6. The van der Waals surface area contributed by atoms with Gasteiger partial charge in [-0.25, -0.2) is 15.0 Å². The van der Waals surface area contributed by atoms with Crippen molar-refractivity contribution in [2.75, 3.05) is 0 Å². The van der Waals surface area contributed by atoms with Crippen molar-refractivity contribution in [3.8, 4) is 45.4 Å². The van der Waals surface area contributed by atoms with Crippen LogP contribution < -0.4 is 0 Å². The first-order valence-electron chi connectivity index (χ1n) is 17.8. The third kappa shape index (κ3) is 4.32. The van der Waals surface area contributed by atoms with Crippen LogP contribution in [0.5, 0.6) is 0 Å². The van der Waals surface area contributed by atoms with Crippen LogP contribution in [-0.2, 0) is 12.8 Å². The SMILES string of the molecule is c1ccc(-c2nc(-n3c4c(c5ccccc53)-c3ccc5cc6nc(-c7ccccc7)n(-c7ccccc7)c6cc5c3CC4)nc3ccccc23)cc1. The summed E-state index contributed by atoms with van der Waals surface area (Å²) in [4.78, 5) is 15.8. The molecule has 10 aromatic rings. The molecule has 0 radical (unpaired) electrons. The molecule has 0 saturated carbocycles. The van der Waals surface area contributed by atoms with E-state index in [9.17, 15) is 0 Å². The number of fused-ring (bicyclic) bond motifs is 9. The fraction of sp³-hybridized carbons (Fsp3) is 0.0426. The van der Waals surface area contributed by atoms with Crippen molar-refractivity contribution in [2.24, 2.45) is 0 Å². The van der Waals surface area contributed by atoms with E-state index in [0.29, 0.717) is 5.95 Å². The molecule has 244 valence electrons. The van der Waals surface area contributed by atoms with E-state index < -0.39 is 0 Å². The molecule has 0 saturated heterocycles. The number of imidazole rings is 1. The first-order valence-corrected chi connectivity index (χ1v) is 17.8. The van der Waals surface area contributed by atoms with E-state index >= 15 is 0 Å². The quantitative estimate of drug-likeness (QED) is 0.188. The predicted molar refractivity (Wildman–Crippen MR) is 212 cm³/mol. The molecule has 0 unspecified atom stereocenters. The minimum atomic E-state index is 0.709. The summed E-state index contributed by atoms with van der Waals surface area (Å²) >= 11 is 0. The van der Waals surface area contributed by atoms with Crippen molar-refractivity contribution in [2.45, 2.75) is 12.8 Å². The van der Waals surface area contributed by atoms with Crippen LogP contribution in [-0.4, -0.2) is 24.1 Å². The van der Waals surface area contributed by atoms with E-state index in [4.69, 9.17) is 15.0 Å². The number of rotatable bonds is 4. The number of nitrogens with zero attached hydrogens (tertiary/aromatic N) is 5. The predicted octanol–water partition coefficient (Wildman–Crippen LogP) is 11.2. The van der Waals surface area contributed by atoms with Gasteiger partial charge in [0.1, 0.15) is 5.82 Å². The lowest BCUT2D eigenvalue weighted by molar-refractivity contribution is 0.841. The lowest BCUT2D eigenvalue weighted by Gasteiger charge is -2.21. The van der Waals surface area contributed by atoms with Crippen molar-refractivity contribution in [1.29, 1.82) is 0 Å². The second kappa shape index (κ2) is 11.3. The van der Waals surface area contributed by atoms with Gasteiger partial charge in [-0.05, 0) is 71.1 Å². The van der Waals surface area contributed by atoms with Gasteiger partial charge in [-0.3, -0.25) is 9.13 Å². The molecule has 0 fully saturated rings. The van der Waals surface area contributed by atoms with E-state index in [2.05, 4.69) is 167 Å². The maximum Gasteiger partial charge on any atom is 0.235 e. The van der Waals surface area contributed by atoms with Crippen molar-refractivity contribution in [3.63, 3.8) is 0 Å². The largest absolute Gasteiger partial charge is 0.292 e. The Hall–Kier alpha value is -6.85. The van der Waals surface area contributed by atoms with Crippen LogP contribution in [0.3, 0.4) is 0 Å². The van der Waals surface area contributed by atoms with Crippen molar-refractivity contribution in [1.82, 2.24) is 24.1 Å². The van der Waals surface area contributed by atoms with Gasteiger partial charge >= 0.3 is 0 Å². The lowest BCUT2D eigenvalue weighted by Crippen LogP contribution is -2.11. The van der Waals surface area contributed by atoms with Gasteiger partial charge in [0, 0.05) is 38.8 Å². The Labute approximate surface area is 300 Å². The molecule has 5 nitrogen and oxygen atoms in total. The molecule has 0 aliphatic heterocycles. The second-order valence-corrected chi connectivity index (χ2v) is 13.6. The standard InChI is InChI=1S/C47H31N5/c1-4-14-30(15-5-1)45-36-20-10-12-22-39(36)49-47(50-45)52-41-23-13-11-21-37(41)44-35-25-24-32-28-40-43(29-38(32)34(35)26-27-42(44)52)51(33-18-8-3-9-19-33)46(48-40)31-16-6-2-7-17-31/h1-25,28-29H,26-27H2. The van der Waals surface area contributed by atoms with E-state index in [1.165, 1.54) is 38.5 Å².